The zero-order valence-corrected chi connectivity index (χ0v) is 23.7. The number of rotatable bonds is 13. The molecule has 0 saturated heterocycles. The van der Waals surface area contributed by atoms with Crippen molar-refractivity contribution in [1.29, 1.82) is 0 Å². The van der Waals surface area contributed by atoms with Gasteiger partial charge in [-0.15, -0.1) is 0 Å². The third-order valence-corrected chi connectivity index (χ3v) is 6.38. The van der Waals surface area contributed by atoms with Gasteiger partial charge in [0.15, 0.2) is 17.7 Å². The standard InChI is InChI=1S/C31H34N4O7/c1-5-15-41-24-13-11-20-9-7-8-10-22(20)23(24)17-32-35-27(36)18-42-25-14-12-21(16-26(25)40-6-2)29-28(30(37)39-4)19(3)33-31(38)34-29/h5,7-14,16-17,27,29,35-36H,1,6,15,18H2,2-4H3,(H2,33,34,38)/b32-17+/t27-,29-/m0/s1. The van der Waals surface area contributed by atoms with E-state index in [0.29, 0.717) is 41.7 Å². The summed E-state index contributed by atoms with van der Waals surface area (Å²) in [4.78, 5) is 24.6. The fourth-order valence-corrected chi connectivity index (χ4v) is 4.49. The number of ether oxygens (including phenoxy) is 4. The molecule has 0 unspecified atom stereocenters. The lowest BCUT2D eigenvalue weighted by atomic mass is 9.95. The highest BCUT2D eigenvalue weighted by molar-refractivity contribution is 6.02. The highest BCUT2D eigenvalue weighted by atomic mass is 16.5. The number of methoxy groups -OCH3 is 1. The fourth-order valence-electron chi connectivity index (χ4n) is 4.49. The molecular formula is C31H34N4O7. The minimum atomic E-state index is -1.15. The Kier molecular flexibility index (Phi) is 10.0. The molecule has 0 aromatic heterocycles. The molecule has 11 heteroatoms. The number of aliphatic hydroxyl groups is 1. The number of nitrogens with zero attached hydrogens (tertiary/aromatic N) is 1. The predicted molar refractivity (Wildman–Crippen MR) is 159 cm³/mol. The smallest absolute Gasteiger partial charge is 0.337 e. The maximum Gasteiger partial charge on any atom is 0.337 e. The van der Waals surface area contributed by atoms with Gasteiger partial charge in [-0.2, -0.15) is 5.10 Å². The molecule has 0 radical (unpaired) electrons. The zero-order chi connectivity index (χ0) is 30.1. The number of carbonyl (C=O) groups excluding carboxylic acids is 2. The molecule has 2 atom stereocenters. The Balaban J connectivity index is 1.47. The van der Waals surface area contributed by atoms with Gasteiger partial charge < -0.3 is 34.7 Å². The number of urea groups is 1. The summed E-state index contributed by atoms with van der Waals surface area (Å²) in [7, 11) is 1.28. The largest absolute Gasteiger partial charge is 0.490 e. The molecule has 220 valence electrons. The number of amides is 2. The lowest BCUT2D eigenvalue weighted by Gasteiger charge is -2.28. The number of hydrogen-bond acceptors (Lipinski definition) is 9. The van der Waals surface area contributed by atoms with E-state index >= 15 is 0 Å². The third-order valence-electron chi connectivity index (χ3n) is 6.38. The van der Waals surface area contributed by atoms with Gasteiger partial charge in [0.1, 0.15) is 19.0 Å². The number of allylic oxidation sites excluding steroid dienone is 1. The molecule has 1 heterocycles. The molecule has 4 N–H and O–H groups in total. The van der Waals surface area contributed by atoms with E-state index in [4.69, 9.17) is 18.9 Å². The average molecular weight is 575 g/mol. The predicted octanol–water partition coefficient (Wildman–Crippen LogP) is 3.93. The van der Waals surface area contributed by atoms with E-state index in [0.717, 1.165) is 16.3 Å². The summed E-state index contributed by atoms with van der Waals surface area (Å²) in [5.74, 6) is 0.804. The fraction of sp³-hybridized carbons (Fsp3) is 0.258. The van der Waals surface area contributed by atoms with Crippen LogP contribution in [-0.2, 0) is 9.53 Å². The molecular weight excluding hydrogens is 540 g/mol. The molecule has 4 rings (SSSR count). The van der Waals surface area contributed by atoms with Gasteiger partial charge >= 0.3 is 12.0 Å². The van der Waals surface area contributed by atoms with Crippen molar-refractivity contribution in [3.8, 4) is 17.2 Å². The van der Waals surface area contributed by atoms with Crippen LogP contribution in [0.2, 0.25) is 0 Å². The number of fused-ring (bicyclic) bond motifs is 1. The Bertz CT molecular complexity index is 1520. The molecule has 3 aromatic rings. The Morgan fingerprint density at radius 3 is 2.67 bits per heavy atom. The average Bonchev–Trinajstić information content (AvgIpc) is 2.99. The highest BCUT2D eigenvalue weighted by Gasteiger charge is 2.32. The maximum atomic E-state index is 12.4. The van der Waals surface area contributed by atoms with Crippen molar-refractivity contribution in [2.45, 2.75) is 26.1 Å². The Morgan fingerprint density at radius 2 is 1.90 bits per heavy atom. The quantitative estimate of drug-likeness (QED) is 0.0792. The van der Waals surface area contributed by atoms with Crippen molar-refractivity contribution >= 4 is 29.0 Å². The van der Waals surface area contributed by atoms with Gasteiger partial charge in [0.25, 0.3) is 0 Å². The van der Waals surface area contributed by atoms with Gasteiger partial charge in [-0.25, -0.2) is 9.59 Å². The third kappa shape index (κ3) is 6.99. The first-order chi connectivity index (χ1) is 20.4. The molecule has 0 bridgehead atoms. The van der Waals surface area contributed by atoms with Gasteiger partial charge in [0.05, 0.1) is 31.5 Å². The van der Waals surface area contributed by atoms with Crippen molar-refractivity contribution in [2.75, 3.05) is 26.9 Å². The van der Waals surface area contributed by atoms with Crippen LogP contribution < -0.4 is 30.3 Å². The summed E-state index contributed by atoms with van der Waals surface area (Å²) in [6, 6.07) is 15.5. The first kappa shape index (κ1) is 29.9. The number of aliphatic hydroxyl groups excluding tert-OH is 1. The SMILES string of the molecule is C=CCOc1ccc2ccccc2c1/C=N/N[C@@H](O)COc1ccc([C@@H]2NC(=O)NC(C)=C2C(=O)OC)cc1OCC. The molecule has 0 aliphatic carbocycles. The molecule has 0 spiro atoms. The molecule has 0 saturated carbocycles. The Morgan fingerprint density at radius 1 is 1.12 bits per heavy atom. The van der Waals surface area contributed by atoms with E-state index in [1.165, 1.54) is 7.11 Å². The van der Waals surface area contributed by atoms with Crippen LogP contribution in [0.1, 0.15) is 31.0 Å². The second-order valence-corrected chi connectivity index (χ2v) is 9.21. The van der Waals surface area contributed by atoms with Gasteiger partial charge in [-0.05, 0) is 48.4 Å². The van der Waals surface area contributed by atoms with Crippen LogP contribution in [-0.4, -0.2) is 56.5 Å². The summed E-state index contributed by atoms with van der Waals surface area (Å²) < 4.78 is 22.3. The lowest BCUT2D eigenvalue weighted by molar-refractivity contribution is -0.136. The number of nitrogens with one attached hydrogen (secondary N) is 3. The number of hydrogen-bond donors (Lipinski definition) is 4. The minimum Gasteiger partial charge on any atom is -0.490 e. The second-order valence-electron chi connectivity index (χ2n) is 9.21. The summed E-state index contributed by atoms with van der Waals surface area (Å²) in [6.45, 7) is 7.67. The van der Waals surface area contributed by atoms with Crippen molar-refractivity contribution in [1.82, 2.24) is 16.1 Å². The monoisotopic (exact) mass is 574 g/mol. The van der Waals surface area contributed by atoms with E-state index in [2.05, 4.69) is 27.7 Å². The number of benzene rings is 3. The lowest BCUT2D eigenvalue weighted by Crippen LogP contribution is -2.45. The number of hydrazone groups is 1. The minimum absolute atomic E-state index is 0.150. The van der Waals surface area contributed by atoms with E-state index < -0.39 is 24.3 Å². The van der Waals surface area contributed by atoms with E-state index in [-0.39, 0.29) is 12.2 Å². The van der Waals surface area contributed by atoms with Gasteiger partial charge in [0, 0.05) is 11.3 Å². The summed E-state index contributed by atoms with van der Waals surface area (Å²) in [5.41, 5.74) is 4.68. The van der Waals surface area contributed by atoms with Gasteiger partial charge in [-0.1, -0.05) is 49.1 Å². The van der Waals surface area contributed by atoms with Crippen LogP contribution in [0, 0.1) is 0 Å². The topological polar surface area (TPSA) is 140 Å². The van der Waals surface area contributed by atoms with Crippen molar-refractivity contribution < 1.29 is 33.6 Å². The molecule has 3 aromatic carbocycles. The van der Waals surface area contributed by atoms with Gasteiger partial charge in [0.2, 0.25) is 0 Å². The van der Waals surface area contributed by atoms with Gasteiger partial charge in [-0.3, -0.25) is 5.43 Å². The molecule has 42 heavy (non-hydrogen) atoms. The molecule has 1 aliphatic rings. The van der Waals surface area contributed by atoms with Crippen molar-refractivity contribution in [3.63, 3.8) is 0 Å². The van der Waals surface area contributed by atoms with Crippen molar-refractivity contribution in [2.24, 2.45) is 5.10 Å². The second kappa shape index (κ2) is 14.0. The van der Waals surface area contributed by atoms with E-state index in [1.54, 1.807) is 37.4 Å². The van der Waals surface area contributed by atoms with Crippen LogP contribution in [0.3, 0.4) is 0 Å². The molecule has 11 nitrogen and oxygen atoms in total. The molecule has 0 fully saturated rings. The molecule has 1 aliphatic heterocycles. The van der Waals surface area contributed by atoms with Crippen LogP contribution in [0.15, 0.2) is 83.6 Å². The summed E-state index contributed by atoms with van der Waals surface area (Å²) in [6.07, 6.45) is 2.10. The zero-order valence-electron chi connectivity index (χ0n) is 23.7. The first-order valence-corrected chi connectivity index (χ1v) is 13.3. The normalized spacial score (nSPS) is 15.5. The van der Waals surface area contributed by atoms with Crippen molar-refractivity contribution in [3.05, 3.63) is 89.6 Å². The Hall–Kier alpha value is -5.03. The van der Waals surface area contributed by atoms with Crippen LogP contribution in [0.4, 0.5) is 4.79 Å². The number of carbonyl (C=O) groups is 2. The maximum absolute atomic E-state index is 12.4. The first-order valence-electron chi connectivity index (χ1n) is 13.3. The van der Waals surface area contributed by atoms with Crippen LogP contribution in [0.25, 0.3) is 10.8 Å². The Labute approximate surface area is 243 Å². The number of esters is 1. The van der Waals surface area contributed by atoms with E-state index in [9.17, 15) is 14.7 Å². The molecule has 2 amide bonds. The summed E-state index contributed by atoms with van der Waals surface area (Å²) >= 11 is 0. The summed E-state index contributed by atoms with van der Waals surface area (Å²) in [5, 5.41) is 22.0. The van der Waals surface area contributed by atoms with E-state index in [1.807, 2.05) is 43.3 Å². The highest BCUT2D eigenvalue weighted by Crippen LogP contribution is 2.35. The van der Waals surface area contributed by atoms with Crippen LogP contribution >= 0.6 is 0 Å². The van der Waals surface area contributed by atoms with Crippen LogP contribution in [0.5, 0.6) is 17.2 Å².